The molecular formula is C15H12ClFO2. The number of aryl methyl sites for hydroxylation is 1. The molecule has 0 atom stereocenters. The number of hydrogen-bond donors (Lipinski definition) is 0. The largest absolute Gasteiger partial charge is 0.496 e. The molecule has 2 aromatic carbocycles. The van der Waals surface area contributed by atoms with Crippen molar-refractivity contribution in [2.24, 2.45) is 0 Å². The van der Waals surface area contributed by atoms with Gasteiger partial charge in [0.1, 0.15) is 11.6 Å². The fourth-order valence-electron chi connectivity index (χ4n) is 1.85. The summed E-state index contributed by atoms with van der Waals surface area (Å²) in [6.07, 6.45) is 0. The zero-order valence-electron chi connectivity index (χ0n) is 10.5. The molecule has 0 aromatic heterocycles. The molecule has 2 rings (SSSR count). The Morgan fingerprint density at radius 1 is 1.21 bits per heavy atom. The van der Waals surface area contributed by atoms with Gasteiger partial charge in [0.2, 0.25) is 0 Å². The van der Waals surface area contributed by atoms with E-state index in [1.54, 1.807) is 25.3 Å². The Morgan fingerprint density at radius 2 is 1.95 bits per heavy atom. The highest BCUT2D eigenvalue weighted by atomic mass is 35.5. The third-order valence-corrected chi connectivity index (χ3v) is 3.16. The first-order valence-corrected chi connectivity index (χ1v) is 6.05. The minimum atomic E-state index is -0.488. The Hall–Kier alpha value is -1.87. The molecule has 0 N–H and O–H groups in total. The van der Waals surface area contributed by atoms with Crippen molar-refractivity contribution in [1.82, 2.24) is 0 Å². The Kier molecular flexibility index (Phi) is 3.86. The Labute approximate surface area is 115 Å². The SMILES string of the molecule is COc1ccc(C(=O)c2cc(F)ccc2Cl)cc1C. The number of carbonyl (C=O) groups is 1. The first kappa shape index (κ1) is 13.6. The molecule has 2 nitrogen and oxygen atoms in total. The topological polar surface area (TPSA) is 26.3 Å². The highest BCUT2D eigenvalue weighted by Gasteiger charge is 2.14. The van der Waals surface area contributed by atoms with E-state index in [0.29, 0.717) is 11.3 Å². The molecule has 0 saturated heterocycles. The second-order valence-electron chi connectivity index (χ2n) is 4.14. The standard InChI is InChI=1S/C15H12ClFO2/c1-9-7-10(3-6-14(9)19-2)15(18)12-8-11(17)4-5-13(12)16/h3-8H,1-2H3. The third kappa shape index (κ3) is 2.76. The molecular weight excluding hydrogens is 267 g/mol. The van der Waals surface area contributed by atoms with Gasteiger partial charge in [-0.3, -0.25) is 4.79 Å². The minimum absolute atomic E-state index is 0.159. The first-order valence-electron chi connectivity index (χ1n) is 5.67. The zero-order valence-corrected chi connectivity index (χ0v) is 11.3. The predicted octanol–water partition coefficient (Wildman–Crippen LogP) is 4.03. The van der Waals surface area contributed by atoms with Crippen LogP contribution in [0.2, 0.25) is 5.02 Å². The van der Waals surface area contributed by atoms with Gasteiger partial charge in [-0.25, -0.2) is 4.39 Å². The maximum Gasteiger partial charge on any atom is 0.194 e. The molecule has 0 bridgehead atoms. The molecule has 4 heteroatoms. The van der Waals surface area contributed by atoms with Crippen LogP contribution in [0, 0.1) is 12.7 Å². The number of ether oxygens (including phenoxy) is 1. The second-order valence-corrected chi connectivity index (χ2v) is 4.54. The molecule has 2 aromatic rings. The van der Waals surface area contributed by atoms with E-state index in [1.807, 2.05) is 6.92 Å². The molecule has 0 saturated carbocycles. The van der Waals surface area contributed by atoms with E-state index in [0.717, 1.165) is 11.6 Å². The quantitative estimate of drug-likeness (QED) is 0.793. The van der Waals surface area contributed by atoms with Gasteiger partial charge in [0, 0.05) is 11.1 Å². The minimum Gasteiger partial charge on any atom is -0.496 e. The van der Waals surface area contributed by atoms with Crippen LogP contribution in [0.15, 0.2) is 36.4 Å². The van der Waals surface area contributed by atoms with E-state index >= 15 is 0 Å². The van der Waals surface area contributed by atoms with Crippen molar-refractivity contribution < 1.29 is 13.9 Å². The van der Waals surface area contributed by atoms with Crippen molar-refractivity contribution in [3.8, 4) is 5.75 Å². The normalized spacial score (nSPS) is 10.3. The van der Waals surface area contributed by atoms with Gasteiger partial charge in [-0.2, -0.15) is 0 Å². The lowest BCUT2D eigenvalue weighted by Crippen LogP contribution is -2.03. The van der Waals surface area contributed by atoms with Crippen molar-refractivity contribution in [3.63, 3.8) is 0 Å². The second kappa shape index (κ2) is 5.41. The molecule has 98 valence electrons. The van der Waals surface area contributed by atoms with Crippen LogP contribution in [0.4, 0.5) is 4.39 Å². The van der Waals surface area contributed by atoms with Crippen molar-refractivity contribution in [2.45, 2.75) is 6.92 Å². The summed E-state index contributed by atoms with van der Waals surface area (Å²) in [7, 11) is 1.56. The van der Waals surface area contributed by atoms with Crippen molar-refractivity contribution in [2.75, 3.05) is 7.11 Å². The van der Waals surface area contributed by atoms with Gasteiger partial charge < -0.3 is 4.74 Å². The number of carbonyl (C=O) groups excluding carboxylic acids is 1. The summed E-state index contributed by atoms with van der Waals surface area (Å²) >= 11 is 5.93. The molecule has 19 heavy (non-hydrogen) atoms. The Morgan fingerprint density at radius 3 is 2.58 bits per heavy atom. The van der Waals surface area contributed by atoms with Crippen LogP contribution in [0.1, 0.15) is 21.5 Å². The van der Waals surface area contributed by atoms with Gasteiger partial charge in [-0.15, -0.1) is 0 Å². The number of benzene rings is 2. The van der Waals surface area contributed by atoms with Gasteiger partial charge in [-0.05, 0) is 48.9 Å². The van der Waals surface area contributed by atoms with Crippen molar-refractivity contribution >= 4 is 17.4 Å². The van der Waals surface area contributed by atoms with Crippen LogP contribution < -0.4 is 4.74 Å². The number of ketones is 1. The molecule has 0 radical (unpaired) electrons. The van der Waals surface area contributed by atoms with Crippen LogP contribution in [-0.2, 0) is 0 Å². The highest BCUT2D eigenvalue weighted by Crippen LogP contribution is 2.24. The van der Waals surface area contributed by atoms with E-state index in [1.165, 1.54) is 12.1 Å². The van der Waals surface area contributed by atoms with Gasteiger partial charge in [0.25, 0.3) is 0 Å². The molecule has 0 aliphatic carbocycles. The van der Waals surface area contributed by atoms with Crippen LogP contribution in [-0.4, -0.2) is 12.9 Å². The summed E-state index contributed by atoms with van der Waals surface area (Å²) in [5.41, 5.74) is 1.44. The van der Waals surface area contributed by atoms with E-state index in [-0.39, 0.29) is 16.4 Å². The van der Waals surface area contributed by atoms with Gasteiger partial charge in [-0.1, -0.05) is 11.6 Å². The van der Waals surface area contributed by atoms with Crippen LogP contribution in [0.3, 0.4) is 0 Å². The third-order valence-electron chi connectivity index (χ3n) is 2.83. The van der Waals surface area contributed by atoms with E-state index in [2.05, 4.69) is 0 Å². The summed E-state index contributed by atoms with van der Waals surface area (Å²) in [5, 5.41) is 0.236. The lowest BCUT2D eigenvalue weighted by atomic mass is 10.0. The molecule has 0 aliphatic rings. The number of halogens is 2. The van der Waals surface area contributed by atoms with Gasteiger partial charge in [0.05, 0.1) is 12.1 Å². The average Bonchev–Trinajstić information content (AvgIpc) is 2.40. The Balaban J connectivity index is 2.44. The monoisotopic (exact) mass is 278 g/mol. The maximum absolute atomic E-state index is 13.2. The smallest absolute Gasteiger partial charge is 0.194 e. The van der Waals surface area contributed by atoms with Crippen LogP contribution in [0.5, 0.6) is 5.75 Å². The molecule has 0 spiro atoms. The summed E-state index contributed by atoms with van der Waals surface area (Å²) in [6, 6.07) is 8.77. The van der Waals surface area contributed by atoms with Gasteiger partial charge in [0.15, 0.2) is 5.78 Å². The van der Waals surface area contributed by atoms with E-state index in [4.69, 9.17) is 16.3 Å². The average molecular weight is 279 g/mol. The summed E-state index contributed by atoms with van der Waals surface area (Å²) in [4.78, 5) is 12.3. The number of hydrogen-bond acceptors (Lipinski definition) is 2. The fourth-order valence-corrected chi connectivity index (χ4v) is 2.05. The molecule has 0 unspecified atom stereocenters. The lowest BCUT2D eigenvalue weighted by molar-refractivity contribution is 0.103. The lowest BCUT2D eigenvalue weighted by Gasteiger charge is -2.08. The summed E-state index contributed by atoms with van der Waals surface area (Å²) in [5.74, 6) is -0.102. The first-order chi connectivity index (χ1) is 9.02. The molecule has 0 amide bonds. The van der Waals surface area contributed by atoms with Crippen LogP contribution >= 0.6 is 11.6 Å². The zero-order chi connectivity index (χ0) is 14.0. The van der Waals surface area contributed by atoms with E-state index < -0.39 is 5.82 Å². The molecule has 0 fully saturated rings. The van der Waals surface area contributed by atoms with E-state index in [9.17, 15) is 9.18 Å². The number of methoxy groups -OCH3 is 1. The molecule has 0 aliphatic heterocycles. The Bertz CT molecular complexity index is 638. The van der Waals surface area contributed by atoms with Crippen molar-refractivity contribution in [3.05, 3.63) is 63.9 Å². The highest BCUT2D eigenvalue weighted by molar-refractivity contribution is 6.35. The van der Waals surface area contributed by atoms with Crippen molar-refractivity contribution in [1.29, 1.82) is 0 Å². The molecule has 0 heterocycles. The summed E-state index contributed by atoms with van der Waals surface area (Å²) < 4.78 is 18.3. The maximum atomic E-state index is 13.2. The van der Waals surface area contributed by atoms with Gasteiger partial charge >= 0.3 is 0 Å². The fraction of sp³-hybridized carbons (Fsp3) is 0.133. The number of rotatable bonds is 3. The van der Waals surface area contributed by atoms with Crippen LogP contribution in [0.25, 0.3) is 0 Å². The predicted molar refractivity (Wildman–Crippen MR) is 72.6 cm³/mol. The summed E-state index contributed by atoms with van der Waals surface area (Å²) in [6.45, 7) is 1.84.